The Balaban J connectivity index is 1.78. The fourth-order valence-corrected chi connectivity index (χ4v) is 2.85. The van der Waals surface area contributed by atoms with Gasteiger partial charge in [-0.1, -0.05) is 0 Å². The topological polar surface area (TPSA) is 115 Å². The van der Waals surface area contributed by atoms with E-state index in [0.29, 0.717) is 10.6 Å². The Morgan fingerprint density at radius 2 is 2.12 bits per heavy atom. The molecule has 0 saturated heterocycles. The third kappa shape index (κ3) is 3.48. The van der Waals surface area contributed by atoms with Crippen LogP contribution >= 0.6 is 11.3 Å². The number of carbonyl (C=O) groups is 3. The minimum atomic E-state index is -0.845. The van der Waals surface area contributed by atoms with Gasteiger partial charge in [-0.3, -0.25) is 14.9 Å². The van der Waals surface area contributed by atoms with Gasteiger partial charge >= 0.3 is 6.09 Å². The van der Waals surface area contributed by atoms with Crippen molar-refractivity contribution < 1.29 is 19.1 Å². The molecule has 0 aliphatic rings. The van der Waals surface area contributed by atoms with Gasteiger partial charge in [0.1, 0.15) is 10.6 Å². The summed E-state index contributed by atoms with van der Waals surface area (Å²) in [5, 5.41) is 10.7. The van der Waals surface area contributed by atoms with Crippen LogP contribution in [0.3, 0.4) is 0 Å². The lowest BCUT2D eigenvalue weighted by atomic mass is 10.2. The molecular formula is C15H13N5O4S. The molecule has 128 valence electrons. The van der Waals surface area contributed by atoms with Gasteiger partial charge in [-0.25, -0.2) is 14.3 Å². The molecule has 0 unspecified atom stereocenters. The van der Waals surface area contributed by atoms with Gasteiger partial charge in [0, 0.05) is 12.4 Å². The van der Waals surface area contributed by atoms with Crippen LogP contribution in [0.2, 0.25) is 0 Å². The SMILES string of the molecule is CCOC(=O)NC(=O)c1ccsc1NC(=O)c1cnn2cccnc12. The normalized spacial score (nSPS) is 10.4. The number of thiophene rings is 1. The molecule has 2 N–H and O–H groups in total. The molecule has 0 bridgehead atoms. The predicted octanol–water partition coefficient (Wildman–Crippen LogP) is 1.93. The van der Waals surface area contributed by atoms with Crippen molar-refractivity contribution in [2.24, 2.45) is 0 Å². The van der Waals surface area contributed by atoms with Crippen molar-refractivity contribution in [1.29, 1.82) is 0 Å². The Morgan fingerprint density at radius 1 is 1.28 bits per heavy atom. The molecule has 3 heterocycles. The third-order valence-corrected chi connectivity index (χ3v) is 3.98. The highest BCUT2D eigenvalue weighted by molar-refractivity contribution is 7.14. The summed E-state index contributed by atoms with van der Waals surface area (Å²) in [6.07, 6.45) is 3.77. The zero-order chi connectivity index (χ0) is 17.8. The van der Waals surface area contributed by atoms with Crippen molar-refractivity contribution in [2.45, 2.75) is 6.92 Å². The van der Waals surface area contributed by atoms with Crippen LogP contribution in [-0.4, -0.2) is 39.1 Å². The molecule has 25 heavy (non-hydrogen) atoms. The summed E-state index contributed by atoms with van der Waals surface area (Å²) in [6, 6.07) is 3.20. The molecule has 0 atom stereocenters. The van der Waals surface area contributed by atoms with Gasteiger partial charge in [-0.2, -0.15) is 5.10 Å². The summed E-state index contributed by atoms with van der Waals surface area (Å²) in [5.74, 6) is -1.12. The van der Waals surface area contributed by atoms with Crippen LogP contribution in [0.5, 0.6) is 0 Å². The molecule has 9 nitrogen and oxygen atoms in total. The number of hydrogen-bond acceptors (Lipinski definition) is 7. The van der Waals surface area contributed by atoms with Crippen molar-refractivity contribution in [3.63, 3.8) is 0 Å². The molecule has 0 spiro atoms. The number of fused-ring (bicyclic) bond motifs is 1. The highest BCUT2D eigenvalue weighted by Crippen LogP contribution is 2.24. The predicted molar refractivity (Wildman–Crippen MR) is 89.7 cm³/mol. The van der Waals surface area contributed by atoms with Crippen LogP contribution in [0, 0.1) is 0 Å². The first-order valence-electron chi connectivity index (χ1n) is 7.25. The molecule has 3 aromatic heterocycles. The van der Waals surface area contributed by atoms with E-state index in [9.17, 15) is 14.4 Å². The summed E-state index contributed by atoms with van der Waals surface area (Å²) in [6.45, 7) is 1.78. The van der Waals surface area contributed by atoms with E-state index in [1.807, 2.05) is 0 Å². The maximum absolute atomic E-state index is 12.5. The minimum Gasteiger partial charge on any atom is -0.450 e. The number of amides is 3. The molecule has 3 aromatic rings. The van der Waals surface area contributed by atoms with Crippen LogP contribution in [0.4, 0.5) is 9.80 Å². The molecule has 0 aromatic carbocycles. The Bertz CT molecular complexity index is 948. The van der Waals surface area contributed by atoms with Gasteiger partial charge < -0.3 is 10.1 Å². The lowest BCUT2D eigenvalue weighted by Crippen LogP contribution is -2.31. The number of aromatic nitrogens is 3. The van der Waals surface area contributed by atoms with Crippen molar-refractivity contribution in [3.8, 4) is 0 Å². The number of ether oxygens (including phenoxy) is 1. The Morgan fingerprint density at radius 3 is 2.92 bits per heavy atom. The van der Waals surface area contributed by atoms with Crippen LogP contribution in [0.1, 0.15) is 27.6 Å². The number of nitrogens with zero attached hydrogens (tertiary/aromatic N) is 3. The molecule has 0 saturated carbocycles. The first-order chi connectivity index (χ1) is 12.1. The molecule has 0 fully saturated rings. The highest BCUT2D eigenvalue weighted by Gasteiger charge is 2.20. The molecule has 3 amide bonds. The van der Waals surface area contributed by atoms with Gasteiger partial charge in [-0.05, 0) is 24.4 Å². The first kappa shape index (κ1) is 16.6. The fourth-order valence-electron chi connectivity index (χ4n) is 2.07. The number of nitrogens with one attached hydrogen (secondary N) is 2. The standard InChI is InChI=1S/C15H13N5O4S/c1-2-24-15(23)19-12(21)9-4-7-25-14(9)18-13(22)10-8-17-20-6-3-5-16-11(10)20/h3-8H,2H2,1H3,(H,18,22)(H,19,21,23). The number of alkyl carbamates (subject to hydrolysis) is 1. The lowest BCUT2D eigenvalue weighted by Gasteiger charge is -2.06. The van der Waals surface area contributed by atoms with E-state index in [0.717, 1.165) is 11.3 Å². The number of anilines is 1. The average Bonchev–Trinajstić information content (AvgIpc) is 3.21. The Hall–Kier alpha value is -3.27. The van der Waals surface area contributed by atoms with E-state index >= 15 is 0 Å². The minimum absolute atomic E-state index is 0.147. The summed E-state index contributed by atoms with van der Waals surface area (Å²) < 4.78 is 6.13. The van der Waals surface area contributed by atoms with E-state index < -0.39 is 17.9 Å². The molecular weight excluding hydrogens is 346 g/mol. The van der Waals surface area contributed by atoms with Crippen molar-refractivity contribution in [3.05, 3.63) is 47.2 Å². The third-order valence-electron chi connectivity index (χ3n) is 3.15. The molecule has 3 rings (SSSR count). The largest absolute Gasteiger partial charge is 0.450 e. The second-order valence-electron chi connectivity index (χ2n) is 4.74. The number of imide groups is 1. The molecule has 0 aliphatic carbocycles. The van der Waals surface area contributed by atoms with Gasteiger partial charge in [-0.15, -0.1) is 11.3 Å². The highest BCUT2D eigenvalue weighted by atomic mass is 32.1. The van der Waals surface area contributed by atoms with Gasteiger partial charge in [0.25, 0.3) is 11.8 Å². The monoisotopic (exact) mass is 359 g/mol. The Labute approximate surface area is 145 Å². The van der Waals surface area contributed by atoms with Crippen molar-refractivity contribution in [2.75, 3.05) is 11.9 Å². The Kier molecular flexibility index (Phi) is 4.70. The van der Waals surface area contributed by atoms with Crippen LogP contribution in [0.25, 0.3) is 5.65 Å². The summed E-state index contributed by atoms with van der Waals surface area (Å²) >= 11 is 1.16. The fraction of sp³-hybridized carbons (Fsp3) is 0.133. The summed E-state index contributed by atoms with van der Waals surface area (Å²) in [7, 11) is 0. The maximum Gasteiger partial charge on any atom is 0.414 e. The van der Waals surface area contributed by atoms with Crippen molar-refractivity contribution >= 4 is 39.9 Å². The number of carbonyl (C=O) groups excluding carboxylic acids is 3. The van der Waals surface area contributed by atoms with E-state index in [2.05, 4.69) is 25.5 Å². The average molecular weight is 359 g/mol. The first-order valence-corrected chi connectivity index (χ1v) is 8.13. The van der Waals surface area contributed by atoms with Crippen molar-refractivity contribution in [1.82, 2.24) is 19.9 Å². The van der Waals surface area contributed by atoms with Gasteiger partial charge in [0.05, 0.1) is 18.4 Å². The smallest absolute Gasteiger partial charge is 0.414 e. The van der Waals surface area contributed by atoms with Gasteiger partial charge in [0.15, 0.2) is 5.65 Å². The zero-order valence-corrected chi connectivity index (χ0v) is 13.9. The molecule has 0 aliphatic heterocycles. The zero-order valence-electron chi connectivity index (χ0n) is 13.1. The quantitative estimate of drug-likeness (QED) is 0.735. The van der Waals surface area contributed by atoms with E-state index in [4.69, 9.17) is 0 Å². The summed E-state index contributed by atoms with van der Waals surface area (Å²) in [5.41, 5.74) is 0.829. The number of hydrogen-bond donors (Lipinski definition) is 2. The molecule has 0 radical (unpaired) electrons. The van der Waals surface area contributed by atoms with E-state index in [-0.39, 0.29) is 17.7 Å². The van der Waals surface area contributed by atoms with Crippen LogP contribution in [0.15, 0.2) is 36.1 Å². The van der Waals surface area contributed by atoms with E-state index in [1.54, 1.807) is 30.8 Å². The lowest BCUT2D eigenvalue weighted by molar-refractivity contribution is 0.0926. The van der Waals surface area contributed by atoms with Gasteiger partial charge in [0.2, 0.25) is 0 Å². The van der Waals surface area contributed by atoms with Crippen LogP contribution in [-0.2, 0) is 4.74 Å². The van der Waals surface area contributed by atoms with Crippen LogP contribution < -0.4 is 10.6 Å². The second kappa shape index (κ2) is 7.09. The van der Waals surface area contributed by atoms with E-state index in [1.165, 1.54) is 16.8 Å². The maximum atomic E-state index is 12.5. The molecule has 10 heteroatoms. The summed E-state index contributed by atoms with van der Waals surface area (Å²) in [4.78, 5) is 40.0. The second-order valence-corrected chi connectivity index (χ2v) is 5.65. The number of rotatable bonds is 4.